The molecule has 0 aromatic carbocycles. The van der Waals surface area contributed by atoms with E-state index in [-0.39, 0.29) is 42.6 Å². The number of carbonyl (C=O) groups is 1. The molecular formula is C30H59NaO5S. The summed E-state index contributed by atoms with van der Waals surface area (Å²) in [5, 5.41) is -1.54. The summed E-state index contributed by atoms with van der Waals surface area (Å²) in [6.07, 6.45) is 28.9. The van der Waals surface area contributed by atoms with Crippen LogP contribution in [0.1, 0.15) is 174 Å². The monoisotopic (exact) mass is 554 g/mol. The molecule has 0 aliphatic heterocycles. The van der Waals surface area contributed by atoms with Crippen molar-refractivity contribution >= 4 is 16.1 Å². The summed E-state index contributed by atoms with van der Waals surface area (Å²) in [5.74, 6) is -0.853. The van der Waals surface area contributed by atoms with Gasteiger partial charge in [0.2, 0.25) is 0 Å². The van der Waals surface area contributed by atoms with Gasteiger partial charge in [-0.25, -0.2) is 8.42 Å². The van der Waals surface area contributed by atoms with E-state index in [1.807, 2.05) is 0 Å². The maximum atomic E-state index is 12.2. The fraction of sp³-hybridized carbons (Fsp3) is 0.967. The number of ether oxygens (including phenoxy) is 1. The van der Waals surface area contributed by atoms with Crippen LogP contribution in [0, 0.1) is 0 Å². The van der Waals surface area contributed by atoms with E-state index in [1.165, 1.54) is 109 Å². The smallest absolute Gasteiger partial charge is 0.747 e. The minimum atomic E-state index is -4.67. The first-order valence-electron chi connectivity index (χ1n) is 15.5. The molecule has 0 aliphatic rings. The van der Waals surface area contributed by atoms with Crippen LogP contribution in [-0.4, -0.2) is 30.8 Å². The van der Waals surface area contributed by atoms with Gasteiger partial charge in [-0.2, -0.15) is 0 Å². The standard InChI is InChI=1S/C30H60O5S.Na/c1-3-5-7-9-11-13-14-15-16-17-18-19-20-22-24-26-28-35-30(31)29(36(32,33)34)27-25-23-21-12-10-8-6-4-2;/h29H,3-28H2,1-2H3,(H,32,33,34);/q;+1/p-1. The Bertz CT molecular complexity index is 583. The Morgan fingerprint density at radius 3 is 1.19 bits per heavy atom. The summed E-state index contributed by atoms with van der Waals surface area (Å²) >= 11 is 0. The van der Waals surface area contributed by atoms with Crippen LogP contribution in [-0.2, 0) is 19.6 Å². The summed E-state index contributed by atoms with van der Waals surface area (Å²) in [4.78, 5) is 12.2. The zero-order chi connectivity index (χ0) is 26.7. The van der Waals surface area contributed by atoms with Gasteiger partial charge in [0.25, 0.3) is 0 Å². The molecule has 1 unspecified atom stereocenters. The molecular weight excluding hydrogens is 495 g/mol. The quantitative estimate of drug-likeness (QED) is 0.0495. The molecule has 0 N–H and O–H groups in total. The zero-order valence-corrected chi connectivity index (χ0v) is 27.7. The molecule has 216 valence electrons. The number of unbranched alkanes of at least 4 members (excludes halogenated alkanes) is 22. The first kappa shape index (κ1) is 39.5. The molecule has 0 aliphatic carbocycles. The summed E-state index contributed by atoms with van der Waals surface area (Å²) in [6, 6.07) is 0. The molecule has 0 saturated carbocycles. The van der Waals surface area contributed by atoms with Crippen molar-refractivity contribution in [2.75, 3.05) is 6.61 Å². The third-order valence-electron chi connectivity index (χ3n) is 7.17. The Labute approximate surface area is 253 Å². The summed E-state index contributed by atoms with van der Waals surface area (Å²) in [5.41, 5.74) is 0. The van der Waals surface area contributed by atoms with Gasteiger partial charge in [-0.05, 0) is 12.8 Å². The SMILES string of the molecule is CCCCCCCCCCCCCCCCCCOC(=O)C(CCCCCCCCCC)S(=O)(=O)[O-].[Na+]. The van der Waals surface area contributed by atoms with E-state index in [1.54, 1.807) is 0 Å². The molecule has 0 rings (SSSR count). The average molecular weight is 555 g/mol. The molecule has 37 heavy (non-hydrogen) atoms. The molecule has 0 amide bonds. The number of rotatable bonds is 28. The minimum Gasteiger partial charge on any atom is -0.747 e. The fourth-order valence-electron chi connectivity index (χ4n) is 4.76. The van der Waals surface area contributed by atoms with Crippen LogP contribution in [0.25, 0.3) is 0 Å². The second kappa shape index (κ2) is 29.4. The summed E-state index contributed by atoms with van der Waals surface area (Å²) in [6.45, 7) is 4.66. The van der Waals surface area contributed by atoms with Gasteiger partial charge < -0.3 is 9.29 Å². The van der Waals surface area contributed by atoms with Gasteiger partial charge >= 0.3 is 35.5 Å². The van der Waals surface area contributed by atoms with Crippen LogP contribution in [0.3, 0.4) is 0 Å². The van der Waals surface area contributed by atoms with Gasteiger partial charge in [0, 0.05) is 0 Å². The Morgan fingerprint density at radius 2 is 0.865 bits per heavy atom. The molecule has 5 nitrogen and oxygen atoms in total. The molecule has 0 bridgehead atoms. The zero-order valence-electron chi connectivity index (χ0n) is 24.9. The number of hydrogen-bond acceptors (Lipinski definition) is 5. The van der Waals surface area contributed by atoms with E-state index in [0.717, 1.165) is 38.5 Å². The molecule has 0 radical (unpaired) electrons. The Balaban J connectivity index is 0. The topological polar surface area (TPSA) is 83.5 Å². The maximum absolute atomic E-state index is 12.2. The van der Waals surface area contributed by atoms with Crippen molar-refractivity contribution in [2.24, 2.45) is 0 Å². The number of carbonyl (C=O) groups excluding carboxylic acids is 1. The Kier molecular flexibility index (Phi) is 31.4. The third-order valence-corrected chi connectivity index (χ3v) is 8.30. The molecule has 1 atom stereocenters. The molecule has 0 spiro atoms. The number of hydrogen-bond donors (Lipinski definition) is 0. The van der Waals surface area contributed by atoms with E-state index >= 15 is 0 Å². The molecule has 0 fully saturated rings. The predicted octanol–water partition coefficient (Wildman–Crippen LogP) is 6.24. The van der Waals surface area contributed by atoms with Crippen LogP contribution in [0.4, 0.5) is 0 Å². The van der Waals surface area contributed by atoms with Crippen LogP contribution in [0.5, 0.6) is 0 Å². The normalized spacial score (nSPS) is 12.3. The van der Waals surface area contributed by atoms with Crippen molar-refractivity contribution in [1.29, 1.82) is 0 Å². The van der Waals surface area contributed by atoms with Crippen molar-refractivity contribution in [3.8, 4) is 0 Å². The maximum Gasteiger partial charge on any atom is 1.00 e. The van der Waals surface area contributed by atoms with Crippen LogP contribution in [0.15, 0.2) is 0 Å². The van der Waals surface area contributed by atoms with Gasteiger partial charge in [-0.15, -0.1) is 0 Å². The van der Waals surface area contributed by atoms with Gasteiger partial charge in [0.1, 0.15) is 15.4 Å². The van der Waals surface area contributed by atoms with Crippen molar-refractivity contribution in [3.63, 3.8) is 0 Å². The molecule has 0 saturated heterocycles. The second-order valence-corrected chi connectivity index (χ2v) is 12.3. The minimum absolute atomic E-state index is 0. The van der Waals surface area contributed by atoms with Gasteiger partial charge in [0.05, 0.1) is 6.61 Å². The molecule has 0 aromatic rings. The van der Waals surface area contributed by atoms with Crippen molar-refractivity contribution in [3.05, 3.63) is 0 Å². The molecule has 0 aromatic heterocycles. The van der Waals surface area contributed by atoms with Gasteiger partial charge in [0.15, 0.2) is 0 Å². The van der Waals surface area contributed by atoms with E-state index in [9.17, 15) is 17.8 Å². The van der Waals surface area contributed by atoms with E-state index in [4.69, 9.17) is 4.74 Å². The van der Waals surface area contributed by atoms with Crippen LogP contribution < -0.4 is 29.6 Å². The Hall–Kier alpha value is 0.380. The largest absolute Gasteiger partial charge is 1.00 e. The third kappa shape index (κ3) is 27.7. The summed E-state index contributed by atoms with van der Waals surface area (Å²) in [7, 11) is -4.67. The van der Waals surface area contributed by atoms with Crippen LogP contribution in [0.2, 0.25) is 0 Å². The van der Waals surface area contributed by atoms with E-state index in [0.29, 0.717) is 6.42 Å². The van der Waals surface area contributed by atoms with Gasteiger partial charge in [-0.1, -0.05) is 162 Å². The number of esters is 1. The van der Waals surface area contributed by atoms with E-state index in [2.05, 4.69) is 13.8 Å². The summed E-state index contributed by atoms with van der Waals surface area (Å²) < 4.78 is 39.8. The van der Waals surface area contributed by atoms with Crippen molar-refractivity contribution < 1.29 is 52.1 Å². The molecule has 0 heterocycles. The van der Waals surface area contributed by atoms with Gasteiger partial charge in [-0.3, -0.25) is 4.79 Å². The average Bonchev–Trinajstić information content (AvgIpc) is 2.84. The first-order chi connectivity index (χ1) is 17.4. The molecule has 7 heteroatoms. The first-order valence-corrected chi connectivity index (χ1v) is 17.0. The second-order valence-electron chi connectivity index (χ2n) is 10.7. The fourth-order valence-corrected chi connectivity index (χ4v) is 5.52. The van der Waals surface area contributed by atoms with E-state index < -0.39 is 21.3 Å². The van der Waals surface area contributed by atoms with Crippen LogP contribution >= 0.6 is 0 Å². The Morgan fingerprint density at radius 1 is 0.568 bits per heavy atom. The van der Waals surface area contributed by atoms with Crippen molar-refractivity contribution in [1.82, 2.24) is 0 Å². The van der Waals surface area contributed by atoms with Crippen molar-refractivity contribution in [2.45, 2.75) is 180 Å². The predicted molar refractivity (Wildman–Crippen MR) is 151 cm³/mol.